The van der Waals surface area contributed by atoms with Gasteiger partial charge in [0.1, 0.15) is 0 Å². The third-order valence-electron chi connectivity index (χ3n) is 3.06. The molecule has 110 valence electrons. The smallest absolute Gasteiger partial charge is 0.375 e. The zero-order valence-electron chi connectivity index (χ0n) is 10.7. The van der Waals surface area contributed by atoms with Gasteiger partial charge in [0, 0.05) is 17.6 Å². The van der Waals surface area contributed by atoms with Gasteiger partial charge in [0.05, 0.1) is 23.8 Å². The van der Waals surface area contributed by atoms with Crippen LogP contribution in [-0.4, -0.2) is 36.6 Å². The maximum Gasteiger partial charge on any atom is 0.417 e. The standard InChI is InChI=1S/C13H13BrF3NO2/c1-8-7-18(5-6-20-8)12(19)9-3-2-4-10(11(9)14)13(15,16)17/h2-4,8H,5-7H2,1H3/t8-/m0/s1. The first-order valence-electron chi connectivity index (χ1n) is 6.07. The molecule has 0 aromatic heterocycles. The van der Waals surface area contributed by atoms with Crippen LogP contribution < -0.4 is 0 Å². The third-order valence-corrected chi connectivity index (χ3v) is 3.92. The second kappa shape index (κ2) is 5.73. The highest BCUT2D eigenvalue weighted by Crippen LogP contribution is 2.36. The van der Waals surface area contributed by atoms with E-state index in [9.17, 15) is 18.0 Å². The van der Waals surface area contributed by atoms with Crippen molar-refractivity contribution < 1.29 is 22.7 Å². The van der Waals surface area contributed by atoms with E-state index in [-0.39, 0.29) is 16.1 Å². The van der Waals surface area contributed by atoms with Crippen LogP contribution in [0.1, 0.15) is 22.8 Å². The van der Waals surface area contributed by atoms with Crippen molar-refractivity contribution in [2.75, 3.05) is 19.7 Å². The van der Waals surface area contributed by atoms with E-state index in [2.05, 4.69) is 15.9 Å². The molecule has 1 fully saturated rings. The van der Waals surface area contributed by atoms with E-state index >= 15 is 0 Å². The summed E-state index contributed by atoms with van der Waals surface area (Å²) in [6, 6.07) is 3.58. The van der Waals surface area contributed by atoms with Crippen molar-refractivity contribution in [3.05, 3.63) is 33.8 Å². The number of carbonyl (C=O) groups is 1. The number of benzene rings is 1. The lowest BCUT2D eigenvalue weighted by atomic mass is 10.1. The number of morpholine rings is 1. The van der Waals surface area contributed by atoms with Crippen LogP contribution in [0, 0.1) is 0 Å². The van der Waals surface area contributed by atoms with Gasteiger partial charge in [0.25, 0.3) is 5.91 Å². The molecule has 1 atom stereocenters. The average Bonchev–Trinajstić information content (AvgIpc) is 2.37. The number of amides is 1. The monoisotopic (exact) mass is 351 g/mol. The van der Waals surface area contributed by atoms with Gasteiger partial charge in [0.2, 0.25) is 0 Å². The molecule has 1 aromatic carbocycles. The van der Waals surface area contributed by atoms with Gasteiger partial charge in [-0.2, -0.15) is 13.2 Å². The summed E-state index contributed by atoms with van der Waals surface area (Å²) in [6.07, 6.45) is -4.61. The van der Waals surface area contributed by atoms with E-state index in [0.717, 1.165) is 6.07 Å². The van der Waals surface area contributed by atoms with Crippen molar-refractivity contribution in [3.63, 3.8) is 0 Å². The van der Waals surface area contributed by atoms with Crippen LogP contribution in [0.25, 0.3) is 0 Å². The molecule has 0 spiro atoms. The fourth-order valence-electron chi connectivity index (χ4n) is 2.09. The van der Waals surface area contributed by atoms with Gasteiger partial charge in [-0.15, -0.1) is 0 Å². The Bertz CT molecular complexity index is 519. The molecule has 1 amide bonds. The largest absolute Gasteiger partial charge is 0.417 e. The van der Waals surface area contributed by atoms with E-state index in [1.54, 1.807) is 0 Å². The molecule has 0 bridgehead atoms. The van der Waals surface area contributed by atoms with Crippen LogP contribution >= 0.6 is 15.9 Å². The van der Waals surface area contributed by atoms with Crippen molar-refractivity contribution >= 4 is 21.8 Å². The SMILES string of the molecule is C[C@H]1CN(C(=O)c2cccc(C(F)(F)F)c2Br)CCO1. The summed E-state index contributed by atoms with van der Waals surface area (Å²) < 4.78 is 43.6. The van der Waals surface area contributed by atoms with E-state index in [1.165, 1.54) is 17.0 Å². The van der Waals surface area contributed by atoms with Crippen LogP contribution in [-0.2, 0) is 10.9 Å². The van der Waals surface area contributed by atoms with E-state index in [0.29, 0.717) is 19.7 Å². The summed E-state index contributed by atoms with van der Waals surface area (Å²) in [5, 5.41) is 0. The number of carbonyl (C=O) groups excluding carboxylic acids is 1. The van der Waals surface area contributed by atoms with Crippen LogP contribution in [0.2, 0.25) is 0 Å². The summed E-state index contributed by atoms with van der Waals surface area (Å²) in [4.78, 5) is 13.8. The van der Waals surface area contributed by atoms with Gasteiger partial charge < -0.3 is 9.64 Å². The first-order valence-corrected chi connectivity index (χ1v) is 6.86. The molecular weight excluding hydrogens is 339 g/mol. The Morgan fingerprint density at radius 2 is 2.15 bits per heavy atom. The lowest BCUT2D eigenvalue weighted by Crippen LogP contribution is -2.44. The highest BCUT2D eigenvalue weighted by Gasteiger charge is 2.35. The maximum atomic E-state index is 12.8. The van der Waals surface area contributed by atoms with E-state index in [1.807, 2.05) is 6.92 Å². The van der Waals surface area contributed by atoms with Crippen LogP contribution in [0.4, 0.5) is 13.2 Å². The van der Waals surface area contributed by atoms with Gasteiger partial charge in [-0.3, -0.25) is 4.79 Å². The number of hydrogen-bond donors (Lipinski definition) is 0. The second-order valence-electron chi connectivity index (χ2n) is 4.60. The topological polar surface area (TPSA) is 29.5 Å². The molecule has 0 aliphatic carbocycles. The summed E-state index contributed by atoms with van der Waals surface area (Å²) in [5.41, 5.74) is -0.821. The molecule has 0 radical (unpaired) electrons. The summed E-state index contributed by atoms with van der Waals surface area (Å²) in [6.45, 7) is 2.97. The van der Waals surface area contributed by atoms with Crippen LogP contribution in [0.3, 0.4) is 0 Å². The Labute approximate surface area is 122 Å². The number of alkyl halides is 3. The number of hydrogen-bond acceptors (Lipinski definition) is 2. The van der Waals surface area contributed by atoms with Gasteiger partial charge in [-0.25, -0.2) is 0 Å². The molecule has 7 heteroatoms. The Morgan fingerprint density at radius 3 is 2.75 bits per heavy atom. The Balaban J connectivity index is 2.31. The summed E-state index contributed by atoms with van der Waals surface area (Å²) in [5.74, 6) is -0.418. The van der Waals surface area contributed by atoms with Crippen molar-refractivity contribution in [2.24, 2.45) is 0 Å². The number of ether oxygens (including phenoxy) is 1. The van der Waals surface area contributed by atoms with Crippen molar-refractivity contribution in [2.45, 2.75) is 19.2 Å². The zero-order valence-corrected chi connectivity index (χ0v) is 12.3. The first-order chi connectivity index (χ1) is 9.30. The number of halogens is 4. The highest BCUT2D eigenvalue weighted by atomic mass is 79.9. The molecule has 0 unspecified atom stereocenters. The molecule has 0 N–H and O–H groups in total. The quantitative estimate of drug-likeness (QED) is 0.776. The lowest BCUT2D eigenvalue weighted by molar-refractivity contribution is -0.138. The molecule has 0 saturated carbocycles. The molecule has 1 aliphatic heterocycles. The molecule has 3 nitrogen and oxygen atoms in total. The van der Waals surface area contributed by atoms with Crippen LogP contribution in [0.15, 0.2) is 22.7 Å². The Morgan fingerprint density at radius 1 is 1.45 bits per heavy atom. The van der Waals surface area contributed by atoms with E-state index in [4.69, 9.17) is 4.74 Å². The van der Waals surface area contributed by atoms with Gasteiger partial charge >= 0.3 is 6.18 Å². The van der Waals surface area contributed by atoms with Gasteiger partial charge in [-0.1, -0.05) is 6.07 Å². The van der Waals surface area contributed by atoms with Crippen molar-refractivity contribution in [1.29, 1.82) is 0 Å². The molecular formula is C13H13BrF3NO2. The lowest BCUT2D eigenvalue weighted by Gasteiger charge is -2.31. The molecule has 1 aliphatic rings. The third kappa shape index (κ3) is 3.15. The van der Waals surface area contributed by atoms with E-state index < -0.39 is 17.6 Å². The van der Waals surface area contributed by atoms with Crippen molar-refractivity contribution in [1.82, 2.24) is 4.90 Å². The minimum atomic E-state index is -4.49. The molecule has 1 saturated heterocycles. The minimum Gasteiger partial charge on any atom is -0.375 e. The number of nitrogens with zero attached hydrogens (tertiary/aromatic N) is 1. The van der Waals surface area contributed by atoms with Crippen molar-refractivity contribution in [3.8, 4) is 0 Å². The second-order valence-corrected chi connectivity index (χ2v) is 5.39. The van der Waals surface area contributed by atoms with Crippen LogP contribution in [0.5, 0.6) is 0 Å². The zero-order chi connectivity index (χ0) is 14.9. The molecule has 1 heterocycles. The molecule has 20 heavy (non-hydrogen) atoms. The molecule has 1 aromatic rings. The summed E-state index contributed by atoms with van der Waals surface area (Å²) in [7, 11) is 0. The average molecular weight is 352 g/mol. The fraction of sp³-hybridized carbons (Fsp3) is 0.462. The minimum absolute atomic E-state index is 0.0222. The van der Waals surface area contributed by atoms with Gasteiger partial charge in [0.15, 0.2) is 0 Å². The maximum absolute atomic E-state index is 12.8. The Hall–Kier alpha value is -1.08. The number of rotatable bonds is 1. The normalized spacial score (nSPS) is 20.1. The molecule has 2 rings (SSSR count). The highest BCUT2D eigenvalue weighted by molar-refractivity contribution is 9.10. The van der Waals surface area contributed by atoms with Gasteiger partial charge in [-0.05, 0) is 35.0 Å². The predicted octanol–water partition coefficient (Wildman–Crippen LogP) is 3.33. The Kier molecular flexibility index (Phi) is 4.39. The predicted molar refractivity (Wildman–Crippen MR) is 70.5 cm³/mol. The summed E-state index contributed by atoms with van der Waals surface area (Å²) >= 11 is 2.90. The fourth-order valence-corrected chi connectivity index (χ4v) is 2.75. The first kappa shape index (κ1) is 15.3.